The number of allylic oxidation sites excluding steroid dienone is 3. The van der Waals surface area contributed by atoms with E-state index in [1.165, 1.54) is 117 Å². The van der Waals surface area contributed by atoms with E-state index < -0.39 is 0 Å². The van der Waals surface area contributed by atoms with Crippen molar-refractivity contribution in [2.75, 3.05) is 31.1 Å². The lowest BCUT2D eigenvalue weighted by Crippen LogP contribution is -2.33. The largest absolute Gasteiger partial charge is 0.373 e. The van der Waals surface area contributed by atoms with Crippen LogP contribution in [0.2, 0.25) is 0 Å². The molecule has 6 aliphatic heterocycles. The van der Waals surface area contributed by atoms with Gasteiger partial charge in [0, 0.05) is 48.7 Å². The number of benzene rings is 2. The third kappa shape index (κ3) is 5.62. The summed E-state index contributed by atoms with van der Waals surface area (Å²) in [5, 5.41) is 4.05. The Balaban J connectivity index is 1.32. The van der Waals surface area contributed by atoms with Gasteiger partial charge in [-0.05, 0) is 144 Å². The molecule has 0 spiro atoms. The second-order valence-electron chi connectivity index (χ2n) is 16.0. The first kappa shape index (κ1) is 33.0. The molecule has 3 aromatic rings. The first-order chi connectivity index (χ1) is 25.2. The van der Waals surface area contributed by atoms with Crippen LogP contribution in [0.25, 0.3) is 11.1 Å². The highest BCUT2D eigenvalue weighted by Crippen LogP contribution is 2.44. The number of aromatic amines is 1. The molecule has 2 aromatic carbocycles. The predicted octanol–water partition coefficient (Wildman–Crippen LogP) is 9.44. The summed E-state index contributed by atoms with van der Waals surface area (Å²) in [6.07, 6.45) is 19.0. The smallest absolute Gasteiger partial charge is 0.113 e. The van der Waals surface area contributed by atoms with Crippen LogP contribution in [0.4, 0.5) is 5.69 Å². The maximum absolute atomic E-state index is 5.67. The predicted molar refractivity (Wildman–Crippen MR) is 217 cm³/mol. The fourth-order valence-corrected chi connectivity index (χ4v) is 9.80. The fraction of sp³-hybridized carbons (Fsp3) is 0.391. The Labute approximate surface area is 309 Å². The molecule has 2 fully saturated rings. The second-order valence-corrected chi connectivity index (χ2v) is 16.0. The van der Waals surface area contributed by atoms with Gasteiger partial charge in [0.25, 0.3) is 0 Å². The number of piperidine rings is 2. The molecule has 6 aliphatic rings. The number of fused-ring (bicyclic) bond motifs is 8. The van der Waals surface area contributed by atoms with E-state index in [0.717, 1.165) is 49.0 Å². The molecule has 0 amide bonds. The molecular formula is C46H52N6. The van der Waals surface area contributed by atoms with Crippen molar-refractivity contribution in [3.8, 4) is 0 Å². The molecule has 0 radical (unpaired) electrons. The van der Waals surface area contributed by atoms with Gasteiger partial charge in [-0.1, -0.05) is 41.5 Å². The van der Waals surface area contributed by atoms with Crippen LogP contribution in [0.5, 0.6) is 0 Å². The van der Waals surface area contributed by atoms with E-state index in [9.17, 15) is 0 Å². The van der Waals surface area contributed by atoms with Crippen LogP contribution in [-0.2, 0) is 0 Å². The van der Waals surface area contributed by atoms with Crippen LogP contribution in [0, 0.1) is 41.5 Å². The number of aromatic nitrogens is 1. The highest BCUT2D eigenvalue weighted by atomic mass is 15.2. The van der Waals surface area contributed by atoms with Crippen LogP contribution in [0.3, 0.4) is 0 Å². The minimum absolute atomic E-state index is 0.00107. The van der Waals surface area contributed by atoms with Crippen molar-refractivity contribution in [1.82, 2.24) is 15.2 Å². The van der Waals surface area contributed by atoms with Gasteiger partial charge in [-0.2, -0.15) is 0 Å². The van der Waals surface area contributed by atoms with Gasteiger partial charge >= 0.3 is 0 Å². The Morgan fingerprint density at radius 2 is 1.25 bits per heavy atom. The van der Waals surface area contributed by atoms with Crippen molar-refractivity contribution in [3.05, 3.63) is 134 Å². The van der Waals surface area contributed by atoms with E-state index in [4.69, 9.17) is 9.98 Å². The highest BCUT2D eigenvalue weighted by molar-refractivity contribution is 6.35. The van der Waals surface area contributed by atoms with E-state index in [1.807, 2.05) is 0 Å². The third-order valence-corrected chi connectivity index (χ3v) is 12.0. The maximum Gasteiger partial charge on any atom is 0.113 e. The molecule has 2 N–H and O–H groups in total. The maximum atomic E-state index is 5.67. The van der Waals surface area contributed by atoms with Crippen LogP contribution in [0.1, 0.15) is 100 Å². The van der Waals surface area contributed by atoms with Gasteiger partial charge in [0.1, 0.15) is 6.04 Å². The zero-order chi connectivity index (χ0) is 35.7. The highest BCUT2D eigenvalue weighted by Gasteiger charge is 2.36. The zero-order valence-corrected chi connectivity index (χ0v) is 31.8. The van der Waals surface area contributed by atoms with Crippen LogP contribution < -0.4 is 10.2 Å². The summed E-state index contributed by atoms with van der Waals surface area (Å²) >= 11 is 0. The molecule has 2 atom stereocenters. The topological polar surface area (TPSA) is 59.0 Å². The number of nitrogens with zero attached hydrogens (tertiary/aromatic N) is 4. The molecule has 1 aromatic heterocycles. The van der Waals surface area contributed by atoms with E-state index in [0.29, 0.717) is 0 Å². The van der Waals surface area contributed by atoms with Crippen molar-refractivity contribution < 1.29 is 0 Å². The Bertz CT molecular complexity index is 2160. The lowest BCUT2D eigenvalue weighted by atomic mass is 9.88. The lowest BCUT2D eigenvalue weighted by molar-refractivity contribution is 0.298. The Morgan fingerprint density at radius 1 is 0.654 bits per heavy atom. The molecule has 6 nitrogen and oxygen atoms in total. The monoisotopic (exact) mass is 688 g/mol. The fourth-order valence-electron chi connectivity index (χ4n) is 9.80. The van der Waals surface area contributed by atoms with Gasteiger partial charge in [-0.15, -0.1) is 0 Å². The third-order valence-electron chi connectivity index (χ3n) is 12.0. The number of aliphatic imine (C=N–C) groups is 2. The molecule has 6 heteroatoms. The summed E-state index contributed by atoms with van der Waals surface area (Å²) in [6, 6.07) is 11.6. The number of H-pyrrole nitrogens is 1. The quantitative estimate of drug-likeness (QED) is 0.287. The van der Waals surface area contributed by atoms with Gasteiger partial charge in [0.15, 0.2) is 0 Å². The van der Waals surface area contributed by atoms with Gasteiger partial charge in [-0.3, -0.25) is 9.98 Å². The number of likely N-dealkylation sites (tertiary alicyclic amines) is 1. The van der Waals surface area contributed by atoms with E-state index in [-0.39, 0.29) is 12.1 Å². The van der Waals surface area contributed by atoms with Gasteiger partial charge in [0.2, 0.25) is 0 Å². The lowest BCUT2D eigenvalue weighted by Gasteiger charge is -2.32. The van der Waals surface area contributed by atoms with Gasteiger partial charge in [-0.25, -0.2) is 0 Å². The number of aryl methyl sites for hydroxylation is 6. The normalized spacial score (nSPS) is 25.3. The number of rotatable bonds is 4. The number of hydrogen-bond donors (Lipinski definition) is 2. The van der Waals surface area contributed by atoms with Gasteiger partial charge in [0.05, 0.1) is 40.2 Å². The van der Waals surface area contributed by atoms with Crippen molar-refractivity contribution in [2.24, 2.45) is 9.98 Å². The SMILES string of the molecule is Cc1cc(C)c(/C2=C3\C=CC(N3)c3cc(N4CCCCC4)c([nH]3)/C(c3c(C)cc(C)cc3C)=C3/C=CC(=N3)C3C=C(N4CCCCC4)C2=N3)c(C)c1. The average Bonchev–Trinajstić information content (AvgIpc) is 3.94. The van der Waals surface area contributed by atoms with Crippen LogP contribution in [0.15, 0.2) is 87.8 Å². The molecule has 9 rings (SSSR count). The van der Waals surface area contributed by atoms with E-state index in [2.05, 4.69) is 122 Å². The second kappa shape index (κ2) is 13.0. The Kier molecular flexibility index (Phi) is 8.24. The Hall–Kier alpha value is -4.84. The Morgan fingerprint density at radius 3 is 1.88 bits per heavy atom. The summed E-state index contributed by atoms with van der Waals surface area (Å²) in [5.74, 6) is 0. The minimum Gasteiger partial charge on any atom is -0.373 e. The first-order valence-corrected chi connectivity index (χ1v) is 19.6. The van der Waals surface area contributed by atoms with E-state index >= 15 is 0 Å². The molecule has 0 saturated carbocycles. The number of nitrogens with one attached hydrogen (secondary N) is 2. The molecule has 52 heavy (non-hydrogen) atoms. The molecule has 0 aliphatic carbocycles. The average molecular weight is 689 g/mol. The molecular weight excluding hydrogens is 637 g/mol. The molecule has 266 valence electrons. The van der Waals surface area contributed by atoms with Crippen molar-refractivity contribution in [3.63, 3.8) is 0 Å². The van der Waals surface area contributed by atoms with Gasteiger partial charge < -0.3 is 20.1 Å². The summed E-state index contributed by atoms with van der Waals surface area (Å²) < 4.78 is 0. The minimum atomic E-state index is -0.159. The number of anilines is 1. The summed E-state index contributed by atoms with van der Waals surface area (Å²) in [6.45, 7) is 17.7. The first-order valence-electron chi connectivity index (χ1n) is 19.6. The molecule has 2 unspecified atom stereocenters. The van der Waals surface area contributed by atoms with Crippen LogP contribution >= 0.6 is 0 Å². The zero-order valence-electron chi connectivity index (χ0n) is 31.8. The van der Waals surface area contributed by atoms with Crippen molar-refractivity contribution in [1.29, 1.82) is 0 Å². The molecule has 7 heterocycles. The van der Waals surface area contributed by atoms with Crippen LogP contribution in [-0.4, -0.2) is 53.5 Å². The van der Waals surface area contributed by atoms with E-state index in [1.54, 1.807) is 0 Å². The number of hydrogen-bond acceptors (Lipinski definition) is 5. The standard InChI is InChI=1S/C46H52N6/c1-27-21-29(3)41(30(4)22-27)43-35-15-13-33(47-35)38-26-40(52-19-11-8-12-20-52)46(50-38)44(42-31(5)23-28(2)24-32(42)6)36-16-14-34(48-36)37-25-39(45(43)49-37)51-17-9-7-10-18-51/h13-16,21-26,33,37,47,50H,7-12,17-20H2,1-6H3/b43-35-,44-36-. The summed E-state index contributed by atoms with van der Waals surface area (Å²) in [5.41, 5.74) is 21.8. The summed E-state index contributed by atoms with van der Waals surface area (Å²) in [7, 11) is 0. The molecule has 8 bridgehead atoms. The van der Waals surface area contributed by atoms with Crippen molar-refractivity contribution >= 4 is 28.3 Å². The molecule has 2 saturated heterocycles. The summed E-state index contributed by atoms with van der Waals surface area (Å²) in [4.78, 5) is 20.5. The van der Waals surface area contributed by atoms with Crippen molar-refractivity contribution in [2.45, 2.75) is 92.2 Å².